The zero-order valence-corrected chi connectivity index (χ0v) is 6.45. The van der Waals surface area contributed by atoms with Gasteiger partial charge >= 0.3 is 22.4 Å². The minimum Gasteiger partial charge on any atom is -1.00 e. The summed E-state index contributed by atoms with van der Waals surface area (Å²) in [5, 5.41) is 4.08. The van der Waals surface area contributed by atoms with E-state index in [0.717, 1.165) is 0 Å². The Morgan fingerprint density at radius 2 is 1.43 bits per heavy atom. The molecule has 1 aromatic heterocycles. The van der Waals surface area contributed by atoms with Crippen molar-refractivity contribution < 1.29 is 34.8 Å². The van der Waals surface area contributed by atoms with Crippen LogP contribution in [0.5, 0.6) is 0 Å². The minimum atomic E-state index is 0. The molecule has 0 saturated heterocycles. The number of hydrogen-bond acceptors (Lipinski definition) is 1. The third-order valence-electron chi connectivity index (χ3n) is 0.425. The van der Waals surface area contributed by atoms with E-state index >= 15 is 0 Å². The van der Waals surface area contributed by atoms with Crippen molar-refractivity contribution in [3.63, 3.8) is 0 Å². The Bertz CT molecular complexity index is 68.2. The maximum absolute atomic E-state index is 2.04. The zero-order chi connectivity index (χ0) is 3.54. The first-order chi connectivity index (χ1) is 2.50. The Morgan fingerprint density at radius 1 is 1.00 bits per heavy atom. The van der Waals surface area contributed by atoms with Gasteiger partial charge in [-0.05, 0) is 10.8 Å². The predicted molar refractivity (Wildman–Crippen MR) is 24.3 cm³/mol. The third kappa shape index (κ3) is 4.59. The molecule has 0 N–H and O–H groups in total. The van der Waals surface area contributed by atoms with Crippen molar-refractivity contribution in [2.24, 2.45) is 0 Å². The van der Waals surface area contributed by atoms with Gasteiger partial charge in [-0.3, -0.25) is 0 Å². The normalized spacial score (nSPS) is 5.71. The molecule has 1 aromatic rings. The average molecular weight is 227 g/mol. The molecule has 0 atom stereocenters. The van der Waals surface area contributed by atoms with E-state index in [9.17, 15) is 0 Å². The van der Waals surface area contributed by atoms with Crippen molar-refractivity contribution >= 4 is 11.3 Å². The molecular formula is C4H4AgClS. The molecule has 0 aliphatic carbocycles. The standard InChI is InChI=1S/C4H4S.Ag.ClH/c1-2-4-5-3-1;;/h1-4H;;1H/q;+1;/p-1. The van der Waals surface area contributed by atoms with Crippen LogP contribution in [0, 0.1) is 0 Å². The summed E-state index contributed by atoms with van der Waals surface area (Å²) in [5.41, 5.74) is 0. The van der Waals surface area contributed by atoms with Gasteiger partial charge in [0.15, 0.2) is 0 Å². The number of hydrogen-bond donors (Lipinski definition) is 0. The van der Waals surface area contributed by atoms with Crippen molar-refractivity contribution in [1.82, 2.24) is 0 Å². The molecular weight excluding hydrogens is 223 g/mol. The summed E-state index contributed by atoms with van der Waals surface area (Å²) in [6.07, 6.45) is 0. The van der Waals surface area contributed by atoms with E-state index in [0.29, 0.717) is 0 Å². The molecule has 0 aliphatic heterocycles. The van der Waals surface area contributed by atoms with Gasteiger partial charge < -0.3 is 12.4 Å². The minimum absolute atomic E-state index is 0. The smallest absolute Gasteiger partial charge is 1.00 e. The first-order valence-corrected chi connectivity index (χ1v) is 2.41. The van der Waals surface area contributed by atoms with Crippen molar-refractivity contribution in [2.75, 3.05) is 0 Å². The molecule has 0 saturated carbocycles. The van der Waals surface area contributed by atoms with Gasteiger partial charge in [0.25, 0.3) is 0 Å². The molecule has 3 heteroatoms. The van der Waals surface area contributed by atoms with Crippen molar-refractivity contribution in [3.05, 3.63) is 22.9 Å². The molecule has 7 heavy (non-hydrogen) atoms. The van der Waals surface area contributed by atoms with Crippen molar-refractivity contribution in [2.45, 2.75) is 0 Å². The van der Waals surface area contributed by atoms with Gasteiger partial charge in [0, 0.05) is 0 Å². The van der Waals surface area contributed by atoms with Gasteiger partial charge in [0.05, 0.1) is 0 Å². The first-order valence-electron chi connectivity index (χ1n) is 1.47. The van der Waals surface area contributed by atoms with Crippen LogP contribution >= 0.6 is 11.3 Å². The van der Waals surface area contributed by atoms with Gasteiger partial charge in [-0.25, -0.2) is 0 Å². The Labute approximate surface area is 68.9 Å². The Morgan fingerprint density at radius 3 is 1.57 bits per heavy atom. The Hall–Kier alpha value is 0.730. The molecule has 0 radical (unpaired) electrons. The molecule has 0 nitrogen and oxygen atoms in total. The molecule has 1 rings (SSSR count). The quantitative estimate of drug-likeness (QED) is 0.486. The molecule has 44 valence electrons. The van der Waals surface area contributed by atoms with Crippen molar-refractivity contribution in [3.8, 4) is 0 Å². The summed E-state index contributed by atoms with van der Waals surface area (Å²) in [4.78, 5) is 0. The molecule has 0 aliphatic rings. The van der Waals surface area contributed by atoms with Crippen LogP contribution in [0.2, 0.25) is 0 Å². The summed E-state index contributed by atoms with van der Waals surface area (Å²) in [6.45, 7) is 0. The van der Waals surface area contributed by atoms with Crippen LogP contribution in [0.1, 0.15) is 0 Å². The third-order valence-corrected chi connectivity index (χ3v) is 1.05. The topological polar surface area (TPSA) is 0 Å². The Balaban J connectivity index is 0. The van der Waals surface area contributed by atoms with E-state index in [2.05, 4.69) is 0 Å². The SMILES string of the molecule is [Ag+].[Cl-].c1ccsc1. The zero-order valence-electron chi connectivity index (χ0n) is 3.40. The second kappa shape index (κ2) is 6.73. The van der Waals surface area contributed by atoms with Gasteiger partial charge in [-0.15, -0.1) is 0 Å². The second-order valence-corrected chi connectivity index (χ2v) is 1.61. The molecule has 1 heterocycles. The van der Waals surface area contributed by atoms with E-state index < -0.39 is 0 Å². The Kier molecular flexibility index (Phi) is 10.3. The fourth-order valence-electron chi connectivity index (χ4n) is 0.227. The van der Waals surface area contributed by atoms with Crippen LogP contribution < -0.4 is 12.4 Å². The van der Waals surface area contributed by atoms with Crippen molar-refractivity contribution in [1.29, 1.82) is 0 Å². The number of rotatable bonds is 0. The predicted octanol–water partition coefficient (Wildman–Crippen LogP) is -1.25. The molecule has 0 fully saturated rings. The van der Waals surface area contributed by atoms with E-state index in [4.69, 9.17) is 0 Å². The average Bonchev–Trinajstić information content (AvgIpc) is 1.76. The molecule has 0 bridgehead atoms. The summed E-state index contributed by atoms with van der Waals surface area (Å²) in [7, 11) is 0. The fourth-order valence-corrected chi connectivity index (χ4v) is 0.680. The maximum Gasteiger partial charge on any atom is 1.00 e. The number of thiophene rings is 1. The number of halogens is 1. The summed E-state index contributed by atoms with van der Waals surface area (Å²) < 4.78 is 0. The van der Waals surface area contributed by atoms with E-state index in [-0.39, 0.29) is 34.8 Å². The van der Waals surface area contributed by atoms with Crippen LogP contribution in [0.15, 0.2) is 22.9 Å². The molecule has 0 unspecified atom stereocenters. The molecule has 0 aromatic carbocycles. The molecule has 0 spiro atoms. The largest absolute Gasteiger partial charge is 1.00 e. The fraction of sp³-hybridized carbons (Fsp3) is 0. The van der Waals surface area contributed by atoms with E-state index in [1.807, 2.05) is 22.9 Å². The van der Waals surface area contributed by atoms with Crippen LogP contribution in [-0.2, 0) is 22.4 Å². The van der Waals surface area contributed by atoms with Gasteiger partial charge in [-0.1, -0.05) is 12.1 Å². The van der Waals surface area contributed by atoms with Crippen LogP contribution in [-0.4, -0.2) is 0 Å². The molecule has 0 amide bonds. The summed E-state index contributed by atoms with van der Waals surface area (Å²) >= 11 is 1.71. The summed E-state index contributed by atoms with van der Waals surface area (Å²) in [5.74, 6) is 0. The van der Waals surface area contributed by atoms with Crippen LogP contribution in [0.3, 0.4) is 0 Å². The van der Waals surface area contributed by atoms with E-state index in [1.54, 1.807) is 11.3 Å². The second-order valence-electron chi connectivity index (χ2n) is 0.793. The van der Waals surface area contributed by atoms with Gasteiger partial charge in [0.1, 0.15) is 0 Å². The van der Waals surface area contributed by atoms with Gasteiger partial charge in [0.2, 0.25) is 0 Å². The van der Waals surface area contributed by atoms with E-state index in [1.165, 1.54) is 0 Å². The first kappa shape index (κ1) is 10.7. The van der Waals surface area contributed by atoms with Crippen LogP contribution in [0.25, 0.3) is 0 Å². The van der Waals surface area contributed by atoms with Gasteiger partial charge in [-0.2, -0.15) is 11.3 Å². The van der Waals surface area contributed by atoms with Crippen LogP contribution in [0.4, 0.5) is 0 Å². The maximum atomic E-state index is 2.04. The summed E-state index contributed by atoms with van der Waals surface area (Å²) in [6, 6.07) is 4.04. The monoisotopic (exact) mass is 226 g/mol.